The highest BCUT2D eigenvalue weighted by molar-refractivity contribution is 5.93. The van der Waals surface area contributed by atoms with E-state index in [0.717, 1.165) is 70.2 Å². The summed E-state index contributed by atoms with van der Waals surface area (Å²) in [7, 11) is 0. The predicted molar refractivity (Wildman–Crippen MR) is 131 cm³/mol. The lowest BCUT2D eigenvalue weighted by molar-refractivity contribution is 0.0368. The largest absolute Gasteiger partial charge is 0.494 e. The van der Waals surface area contributed by atoms with Gasteiger partial charge in [0.15, 0.2) is 5.69 Å². The van der Waals surface area contributed by atoms with Gasteiger partial charge in [0.2, 0.25) is 0 Å². The molecule has 0 amide bonds. The molecule has 1 aliphatic rings. The van der Waals surface area contributed by atoms with Gasteiger partial charge >= 0.3 is 5.97 Å². The minimum Gasteiger partial charge on any atom is -0.494 e. The first-order valence-corrected chi connectivity index (χ1v) is 11.7. The van der Waals surface area contributed by atoms with Crippen LogP contribution in [0.2, 0.25) is 0 Å². The second kappa shape index (κ2) is 11.7. The van der Waals surface area contributed by atoms with Crippen LogP contribution in [-0.2, 0) is 11.2 Å². The van der Waals surface area contributed by atoms with E-state index in [1.54, 1.807) is 6.92 Å². The van der Waals surface area contributed by atoms with Gasteiger partial charge in [-0.3, -0.25) is 10.00 Å². The van der Waals surface area contributed by atoms with Crippen molar-refractivity contribution in [2.45, 2.75) is 26.2 Å². The summed E-state index contributed by atoms with van der Waals surface area (Å²) in [6.07, 6.45) is 3.00. The second-order valence-corrected chi connectivity index (χ2v) is 8.53. The molecule has 4 rings (SSSR count). The molecule has 2 aromatic carbocycles. The van der Waals surface area contributed by atoms with Crippen LogP contribution in [0.4, 0.5) is 11.4 Å². The number of anilines is 2. The van der Waals surface area contributed by atoms with Crippen molar-refractivity contribution >= 4 is 17.3 Å². The van der Waals surface area contributed by atoms with Crippen LogP contribution in [0.3, 0.4) is 0 Å². The average Bonchev–Trinajstić information content (AvgIpc) is 3.22. The van der Waals surface area contributed by atoms with Gasteiger partial charge < -0.3 is 19.9 Å². The van der Waals surface area contributed by atoms with Gasteiger partial charge in [0.25, 0.3) is 0 Å². The fourth-order valence-electron chi connectivity index (χ4n) is 3.98. The van der Waals surface area contributed by atoms with E-state index in [1.807, 2.05) is 36.4 Å². The molecule has 8 heteroatoms. The highest BCUT2D eigenvalue weighted by Crippen LogP contribution is 2.24. The zero-order valence-corrected chi connectivity index (χ0v) is 19.5. The normalized spacial score (nSPS) is 14.1. The van der Waals surface area contributed by atoms with E-state index in [2.05, 4.69) is 32.5 Å². The lowest BCUT2D eigenvalue weighted by Crippen LogP contribution is -2.36. The fourth-order valence-corrected chi connectivity index (χ4v) is 3.98. The van der Waals surface area contributed by atoms with Crippen LogP contribution in [-0.4, -0.2) is 65.6 Å². The van der Waals surface area contributed by atoms with E-state index in [4.69, 9.17) is 9.47 Å². The molecule has 3 aromatic rings. The van der Waals surface area contributed by atoms with Crippen LogP contribution in [0.15, 0.2) is 48.5 Å². The van der Waals surface area contributed by atoms with Crippen molar-refractivity contribution in [3.63, 3.8) is 0 Å². The maximum Gasteiger partial charge on any atom is 0.358 e. The Bertz CT molecular complexity index is 1060. The predicted octanol–water partition coefficient (Wildman–Crippen LogP) is 4.24. The minimum atomic E-state index is -1.07. The molecule has 1 saturated heterocycles. The first kappa shape index (κ1) is 23.8. The third-order valence-electron chi connectivity index (χ3n) is 5.95. The number of aromatic nitrogens is 2. The summed E-state index contributed by atoms with van der Waals surface area (Å²) in [5.74, 6) is -0.164. The quantitative estimate of drug-likeness (QED) is 0.365. The van der Waals surface area contributed by atoms with Crippen molar-refractivity contribution in [2.24, 2.45) is 0 Å². The van der Waals surface area contributed by atoms with Gasteiger partial charge in [0.05, 0.1) is 31.2 Å². The summed E-state index contributed by atoms with van der Waals surface area (Å²) < 4.78 is 11.3. The topological polar surface area (TPSA) is 99.7 Å². The molecular weight excluding hydrogens is 432 g/mol. The molecule has 0 radical (unpaired) electrons. The number of rotatable bonds is 11. The standard InChI is InChI=1S/C26H32N4O4/c1-19-24(25(26(31)32)29-28-19)27-22-8-4-20(5-9-22)18-21-6-10-23(11-7-21)34-15-3-2-12-30-13-16-33-17-14-30/h4-11,27H,2-3,12-18H2,1H3,(H,28,29)(H,31,32). The number of aromatic amines is 1. The van der Waals surface area contributed by atoms with E-state index in [-0.39, 0.29) is 5.69 Å². The Morgan fingerprint density at radius 1 is 1.09 bits per heavy atom. The van der Waals surface area contributed by atoms with E-state index < -0.39 is 5.97 Å². The van der Waals surface area contributed by atoms with E-state index >= 15 is 0 Å². The SMILES string of the molecule is Cc1[nH]nc(C(=O)O)c1Nc1ccc(Cc2ccc(OCCCCN3CCOCC3)cc2)cc1. The highest BCUT2D eigenvalue weighted by Gasteiger charge is 2.16. The number of hydrogen-bond acceptors (Lipinski definition) is 6. The monoisotopic (exact) mass is 464 g/mol. The number of morpholine rings is 1. The Morgan fingerprint density at radius 3 is 2.44 bits per heavy atom. The Morgan fingerprint density at radius 2 is 1.76 bits per heavy atom. The Kier molecular flexibility index (Phi) is 8.17. The molecule has 1 aliphatic heterocycles. The Hall–Kier alpha value is -3.36. The number of unbranched alkanes of at least 4 members (excludes halogenated alkanes) is 1. The molecule has 0 unspecified atom stereocenters. The number of hydrogen-bond donors (Lipinski definition) is 3. The molecule has 1 fully saturated rings. The van der Waals surface area contributed by atoms with Gasteiger partial charge in [-0.15, -0.1) is 0 Å². The maximum absolute atomic E-state index is 11.3. The van der Waals surface area contributed by atoms with Crippen LogP contribution in [0.1, 0.15) is 40.2 Å². The van der Waals surface area contributed by atoms with E-state index in [1.165, 1.54) is 11.1 Å². The van der Waals surface area contributed by atoms with Crippen molar-refractivity contribution in [2.75, 3.05) is 44.8 Å². The average molecular weight is 465 g/mol. The fraction of sp³-hybridized carbons (Fsp3) is 0.385. The molecule has 0 saturated carbocycles. The lowest BCUT2D eigenvalue weighted by Gasteiger charge is -2.26. The molecule has 0 bridgehead atoms. The summed E-state index contributed by atoms with van der Waals surface area (Å²) in [6.45, 7) is 7.41. The molecule has 0 atom stereocenters. The molecule has 180 valence electrons. The summed E-state index contributed by atoms with van der Waals surface area (Å²) in [6, 6.07) is 16.2. The highest BCUT2D eigenvalue weighted by atomic mass is 16.5. The van der Waals surface area contributed by atoms with Crippen molar-refractivity contribution in [3.8, 4) is 5.75 Å². The number of H-pyrrole nitrogens is 1. The lowest BCUT2D eigenvalue weighted by atomic mass is 10.0. The number of benzene rings is 2. The minimum absolute atomic E-state index is 0.0130. The van der Waals surface area contributed by atoms with Crippen LogP contribution >= 0.6 is 0 Å². The number of carbonyl (C=O) groups is 1. The van der Waals surface area contributed by atoms with Gasteiger partial charge in [0.1, 0.15) is 5.75 Å². The number of nitrogens with one attached hydrogen (secondary N) is 2. The Balaban J connectivity index is 1.22. The van der Waals surface area contributed by atoms with E-state index in [0.29, 0.717) is 11.4 Å². The van der Waals surface area contributed by atoms with Crippen LogP contribution in [0.25, 0.3) is 0 Å². The molecule has 8 nitrogen and oxygen atoms in total. The number of aromatic carboxylic acids is 1. The van der Waals surface area contributed by atoms with Crippen LogP contribution in [0, 0.1) is 6.92 Å². The number of nitrogens with zero attached hydrogens (tertiary/aromatic N) is 2. The molecule has 0 spiro atoms. The zero-order valence-electron chi connectivity index (χ0n) is 19.5. The van der Waals surface area contributed by atoms with Gasteiger partial charge in [-0.05, 0) is 68.1 Å². The van der Waals surface area contributed by atoms with Gasteiger partial charge in [-0.25, -0.2) is 4.79 Å². The summed E-state index contributed by atoms with van der Waals surface area (Å²) >= 11 is 0. The van der Waals surface area contributed by atoms with Crippen LogP contribution in [0.5, 0.6) is 5.75 Å². The zero-order chi connectivity index (χ0) is 23.8. The number of carboxylic acids is 1. The van der Waals surface area contributed by atoms with Crippen molar-refractivity contribution in [1.29, 1.82) is 0 Å². The number of carboxylic acid groups (broad SMARTS) is 1. The van der Waals surface area contributed by atoms with Crippen molar-refractivity contribution < 1.29 is 19.4 Å². The first-order chi connectivity index (χ1) is 16.6. The summed E-state index contributed by atoms with van der Waals surface area (Å²) in [5.41, 5.74) is 4.34. The number of ether oxygens (including phenoxy) is 2. The maximum atomic E-state index is 11.3. The van der Waals surface area contributed by atoms with Gasteiger partial charge in [-0.2, -0.15) is 5.10 Å². The molecule has 2 heterocycles. The molecule has 3 N–H and O–H groups in total. The third kappa shape index (κ3) is 6.59. The van der Waals surface area contributed by atoms with Crippen molar-refractivity contribution in [3.05, 3.63) is 71.0 Å². The third-order valence-corrected chi connectivity index (χ3v) is 5.95. The second-order valence-electron chi connectivity index (χ2n) is 8.53. The molecule has 34 heavy (non-hydrogen) atoms. The summed E-state index contributed by atoms with van der Waals surface area (Å²) in [4.78, 5) is 13.8. The number of aryl methyl sites for hydroxylation is 1. The molecule has 0 aliphatic carbocycles. The summed E-state index contributed by atoms with van der Waals surface area (Å²) in [5, 5.41) is 19.0. The molecule has 1 aromatic heterocycles. The van der Waals surface area contributed by atoms with Gasteiger partial charge in [-0.1, -0.05) is 24.3 Å². The Labute approximate surface area is 199 Å². The first-order valence-electron chi connectivity index (χ1n) is 11.7. The van der Waals surface area contributed by atoms with E-state index in [9.17, 15) is 9.90 Å². The van der Waals surface area contributed by atoms with Crippen LogP contribution < -0.4 is 10.1 Å². The van der Waals surface area contributed by atoms with Gasteiger partial charge in [0, 0.05) is 18.8 Å². The van der Waals surface area contributed by atoms with Crippen molar-refractivity contribution in [1.82, 2.24) is 15.1 Å². The smallest absolute Gasteiger partial charge is 0.358 e. The molecular formula is C26H32N4O4.